The van der Waals surface area contributed by atoms with Crippen LogP contribution in [0.4, 0.5) is 0 Å². The molecule has 53 heavy (non-hydrogen) atoms. The van der Waals surface area contributed by atoms with Gasteiger partial charge in [-0.15, -0.1) is 0 Å². The van der Waals surface area contributed by atoms with Crippen molar-refractivity contribution in [2.24, 2.45) is 0 Å². The molecule has 0 fully saturated rings. The van der Waals surface area contributed by atoms with E-state index < -0.39 is 0 Å². The maximum atomic E-state index is 9.56. The molecule has 1 aliphatic rings. The lowest BCUT2D eigenvalue weighted by Gasteiger charge is -2.21. The molecular weight excluding hydrogens is 643 g/mol. The summed E-state index contributed by atoms with van der Waals surface area (Å²) in [4.78, 5) is 10.2. The van der Waals surface area contributed by atoms with E-state index in [1.165, 1.54) is 33.4 Å². The average Bonchev–Trinajstić information content (AvgIpc) is 3.46. The standard InChI is InChI=1S/C50H35N3/c1-50(2)45-25-23-40(30-44(45)43-24-22-33(32-51)26-46(43)50)38-18-9-17-37(27-38)39-19-11-21-42(29-39)48-31-47(52-49(53-48)35-14-7-4-8-15-35)41-20-10-16-36(28-41)34-12-5-3-6-13-34/h3-31H,1-2H3. The van der Waals surface area contributed by atoms with Gasteiger partial charge < -0.3 is 0 Å². The van der Waals surface area contributed by atoms with Crippen molar-refractivity contribution < 1.29 is 0 Å². The summed E-state index contributed by atoms with van der Waals surface area (Å²) < 4.78 is 0. The van der Waals surface area contributed by atoms with E-state index in [0.29, 0.717) is 11.4 Å². The molecule has 0 saturated heterocycles. The van der Waals surface area contributed by atoms with Crippen LogP contribution < -0.4 is 0 Å². The maximum Gasteiger partial charge on any atom is 0.160 e. The van der Waals surface area contributed by atoms with E-state index >= 15 is 0 Å². The van der Waals surface area contributed by atoms with E-state index in [4.69, 9.17) is 9.97 Å². The highest BCUT2D eigenvalue weighted by atomic mass is 14.9. The lowest BCUT2D eigenvalue weighted by Crippen LogP contribution is -2.15. The minimum Gasteiger partial charge on any atom is -0.228 e. The van der Waals surface area contributed by atoms with Crippen LogP contribution >= 0.6 is 0 Å². The third kappa shape index (κ3) is 5.91. The van der Waals surface area contributed by atoms with Gasteiger partial charge in [-0.05, 0) is 98.1 Å². The topological polar surface area (TPSA) is 49.6 Å². The fourth-order valence-corrected chi connectivity index (χ4v) is 7.69. The van der Waals surface area contributed by atoms with Crippen LogP contribution in [0.25, 0.3) is 78.4 Å². The first-order chi connectivity index (χ1) is 25.9. The van der Waals surface area contributed by atoms with Crippen molar-refractivity contribution in [1.82, 2.24) is 9.97 Å². The molecule has 1 aliphatic carbocycles. The van der Waals surface area contributed by atoms with E-state index in [1.807, 2.05) is 36.4 Å². The molecule has 0 radical (unpaired) electrons. The van der Waals surface area contributed by atoms with E-state index in [-0.39, 0.29) is 5.41 Å². The summed E-state index contributed by atoms with van der Waals surface area (Å²) in [5.41, 5.74) is 17.2. The van der Waals surface area contributed by atoms with Gasteiger partial charge in [-0.1, -0.05) is 147 Å². The third-order valence-electron chi connectivity index (χ3n) is 10.5. The summed E-state index contributed by atoms with van der Waals surface area (Å²) in [6.45, 7) is 4.49. The number of aromatic nitrogens is 2. The van der Waals surface area contributed by atoms with Gasteiger partial charge in [-0.2, -0.15) is 5.26 Å². The molecule has 250 valence electrons. The SMILES string of the molecule is CC1(C)c2ccc(-c3cccc(-c4cccc(-c5cc(-c6cccc(-c7ccccc7)c6)nc(-c6ccccc6)n5)c4)c3)cc2-c2ccc(C#N)cc21. The average molecular weight is 678 g/mol. The fourth-order valence-electron chi connectivity index (χ4n) is 7.69. The molecule has 3 heteroatoms. The molecule has 0 atom stereocenters. The predicted molar refractivity (Wildman–Crippen MR) is 217 cm³/mol. The van der Waals surface area contributed by atoms with Gasteiger partial charge in [-0.25, -0.2) is 9.97 Å². The van der Waals surface area contributed by atoms with Crippen LogP contribution in [0.2, 0.25) is 0 Å². The highest BCUT2D eigenvalue weighted by Gasteiger charge is 2.35. The zero-order valence-electron chi connectivity index (χ0n) is 29.6. The Morgan fingerprint density at radius 3 is 1.47 bits per heavy atom. The Balaban J connectivity index is 1.10. The zero-order valence-corrected chi connectivity index (χ0v) is 29.6. The summed E-state index contributed by atoms with van der Waals surface area (Å²) in [5.74, 6) is 0.695. The zero-order chi connectivity index (χ0) is 35.9. The van der Waals surface area contributed by atoms with E-state index in [0.717, 1.165) is 50.3 Å². The second-order valence-electron chi connectivity index (χ2n) is 14.2. The quantitative estimate of drug-likeness (QED) is 0.176. The molecule has 9 rings (SSSR count). The molecule has 8 aromatic rings. The first kappa shape index (κ1) is 32.0. The molecule has 1 heterocycles. The molecule has 7 aromatic carbocycles. The van der Waals surface area contributed by atoms with Gasteiger partial charge in [0.2, 0.25) is 0 Å². The van der Waals surface area contributed by atoms with Crippen LogP contribution in [0.5, 0.6) is 0 Å². The number of rotatable bonds is 6. The van der Waals surface area contributed by atoms with Crippen LogP contribution in [0, 0.1) is 11.3 Å². The highest BCUT2D eigenvalue weighted by Crippen LogP contribution is 2.50. The number of fused-ring (bicyclic) bond motifs is 3. The van der Waals surface area contributed by atoms with Crippen molar-refractivity contribution in [3.05, 3.63) is 193 Å². The van der Waals surface area contributed by atoms with Crippen LogP contribution in [0.3, 0.4) is 0 Å². The maximum absolute atomic E-state index is 9.56. The summed E-state index contributed by atoms with van der Waals surface area (Å²) in [6, 6.07) is 63.9. The summed E-state index contributed by atoms with van der Waals surface area (Å²) in [7, 11) is 0. The number of nitriles is 1. The Morgan fingerprint density at radius 2 is 0.887 bits per heavy atom. The lowest BCUT2D eigenvalue weighted by atomic mass is 9.81. The van der Waals surface area contributed by atoms with Crippen LogP contribution in [0.15, 0.2) is 176 Å². The van der Waals surface area contributed by atoms with Crippen molar-refractivity contribution in [3.8, 4) is 84.5 Å². The number of hydrogen-bond acceptors (Lipinski definition) is 3. The van der Waals surface area contributed by atoms with Gasteiger partial charge >= 0.3 is 0 Å². The number of benzene rings is 7. The van der Waals surface area contributed by atoms with Gasteiger partial charge in [0.05, 0.1) is 23.0 Å². The molecule has 0 saturated carbocycles. The fraction of sp³-hybridized carbons (Fsp3) is 0.0600. The van der Waals surface area contributed by atoms with Crippen LogP contribution in [-0.2, 0) is 5.41 Å². The Labute approximate surface area is 310 Å². The van der Waals surface area contributed by atoms with Gasteiger partial charge in [0.15, 0.2) is 5.82 Å². The number of nitrogens with zero attached hydrogens (tertiary/aromatic N) is 3. The normalized spacial score (nSPS) is 12.5. The van der Waals surface area contributed by atoms with E-state index in [1.54, 1.807) is 0 Å². The van der Waals surface area contributed by atoms with Gasteiger partial charge in [0, 0.05) is 22.1 Å². The van der Waals surface area contributed by atoms with Crippen molar-refractivity contribution in [1.29, 1.82) is 5.26 Å². The Morgan fingerprint density at radius 1 is 0.396 bits per heavy atom. The Kier molecular flexibility index (Phi) is 7.87. The van der Waals surface area contributed by atoms with Crippen LogP contribution in [-0.4, -0.2) is 9.97 Å². The Hall–Kier alpha value is -6.89. The predicted octanol–water partition coefficient (Wildman–Crippen LogP) is 12.7. The lowest BCUT2D eigenvalue weighted by molar-refractivity contribution is 0.660. The van der Waals surface area contributed by atoms with E-state index in [2.05, 4.69) is 159 Å². The highest BCUT2D eigenvalue weighted by molar-refractivity contribution is 5.86. The molecular formula is C50H35N3. The first-order valence-electron chi connectivity index (χ1n) is 18.0. The first-order valence-corrected chi connectivity index (χ1v) is 18.0. The molecule has 0 spiro atoms. The number of hydrogen-bond donors (Lipinski definition) is 0. The van der Waals surface area contributed by atoms with Gasteiger partial charge in [-0.3, -0.25) is 0 Å². The van der Waals surface area contributed by atoms with Crippen molar-refractivity contribution in [3.63, 3.8) is 0 Å². The van der Waals surface area contributed by atoms with Crippen molar-refractivity contribution in [2.45, 2.75) is 19.3 Å². The Bertz CT molecular complexity index is 2700. The summed E-state index contributed by atoms with van der Waals surface area (Å²) >= 11 is 0. The molecule has 0 aliphatic heterocycles. The molecule has 1 aromatic heterocycles. The molecule has 0 amide bonds. The minimum atomic E-state index is -0.162. The summed E-state index contributed by atoms with van der Waals surface area (Å²) in [5, 5.41) is 9.56. The molecule has 3 nitrogen and oxygen atoms in total. The molecule has 0 bridgehead atoms. The largest absolute Gasteiger partial charge is 0.228 e. The second-order valence-corrected chi connectivity index (χ2v) is 14.2. The van der Waals surface area contributed by atoms with Gasteiger partial charge in [0.1, 0.15) is 0 Å². The minimum absolute atomic E-state index is 0.162. The van der Waals surface area contributed by atoms with Gasteiger partial charge in [0.25, 0.3) is 0 Å². The van der Waals surface area contributed by atoms with Crippen molar-refractivity contribution >= 4 is 0 Å². The molecule has 0 unspecified atom stereocenters. The van der Waals surface area contributed by atoms with Crippen molar-refractivity contribution in [2.75, 3.05) is 0 Å². The third-order valence-corrected chi connectivity index (χ3v) is 10.5. The van der Waals surface area contributed by atoms with E-state index in [9.17, 15) is 5.26 Å². The summed E-state index contributed by atoms with van der Waals surface area (Å²) in [6.07, 6.45) is 0. The monoisotopic (exact) mass is 677 g/mol. The van der Waals surface area contributed by atoms with Crippen LogP contribution in [0.1, 0.15) is 30.5 Å². The smallest absolute Gasteiger partial charge is 0.160 e. The molecule has 0 N–H and O–H groups in total. The second kappa shape index (κ2) is 13.0.